The maximum absolute atomic E-state index is 12.5. The van der Waals surface area contributed by atoms with Crippen LogP contribution in [0.15, 0.2) is 18.2 Å². The predicted octanol–water partition coefficient (Wildman–Crippen LogP) is 1.36. The van der Waals surface area contributed by atoms with Crippen molar-refractivity contribution in [1.82, 2.24) is 25.3 Å². The molecule has 2 bridgehead atoms. The van der Waals surface area contributed by atoms with E-state index in [1.54, 1.807) is 0 Å². The average Bonchev–Trinajstić information content (AvgIpc) is 3.49. The number of aromatic nitrogens is 2. The number of imide groups is 1. The molecule has 8 heteroatoms. The zero-order valence-electron chi connectivity index (χ0n) is 18.7. The molecule has 1 aromatic heterocycles. The Hall–Kier alpha value is -2.45. The van der Waals surface area contributed by atoms with Gasteiger partial charge in [0.15, 0.2) is 0 Å². The molecule has 170 valence electrons. The van der Waals surface area contributed by atoms with Crippen molar-refractivity contribution in [3.8, 4) is 0 Å². The molecule has 3 atom stereocenters. The van der Waals surface area contributed by atoms with Gasteiger partial charge < -0.3 is 10.2 Å². The Bertz CT molecular complexity index is 1060. The topological polar surface area (TPSA) is 82.5 Å². The maximum Gasteiger partial charge on any atom is 0.235 e. The quantitative estimate of drug-likeness (QED) is 0.705. The van der Waals surface area contributed by atoms with E-state index in [2.05, 4.69) is 38.6 Å². The van der Waals surface area contributed by atoms with Gasteiger partial charge in [-0.1, -0.05) is 12.1 Å². The minimum Gasteiger partial charge on any atom is -0.370 e. The first kappa shape index (κ1) is 20.2. The van der Waals surface area contributed by atoms with Gasteiger partial charge in [0.2, 0.25) is 11.8 Å². The highest BCUT2D eigenvalue weighted by molar-refractivity contribution is 6.03. The summed E-state index contributed by atoms with van der Waals surface area (Å²) >= 11 is 0. The van der Waals surface area contributed by atoms with E-state index in [0.29, 0.717) is 12.8 Å². The van der Waals surface area contributed by atoms with Gasteiger partial charge >= 0.3 is 0 Å². The molecule has 2 aromatic rings. The summed E-state index contributed by atoms with van der Waals surface area (Å²) in [5.74, 6) is 0.00407. The second kappa shape index (κ2) is 7.85. The molecule has 5 heterocycles. The van der Waals surface area contributed by atoms with Crippen LogP contribution in [0.4, 0.5) is 5.69 Å². The van der Waals surface area contributed by atoms with Gasteiger partial charge in [-0.25, -0.2) is 0 Å². The Labute approximate surface area is 188 Å². The number of anilines is 1. The normalized spacial score (nSPS) is 29.3. The summed E-state index contributed by atoms with van der Waals surface area (Å²) in [6.45, 7) is 5.75. The van der Waals surface area contributed by atoms with Gasteiger partial charge in [-0.3, -0.25) is 24.5 Å². The fourth-order valence-corrected chi connectivity index (χ4v) is 6.37. The average molecular weight is 437 g/mol. The molecule has 4 aliphatic rings. The number of aryl methyl sites for hydroxylation is 1. The van der Waals surface area contributed by atoms with Crippen molar-refractivity contribution < 1.29 is 9.59 Å². The van der Waals surface area contributed by atoms with Crippen molar-refractivity contribution in [2.24, 2.45) is 13.0 Å². The summed E-state index contributed by atoms with van der Waals surface area (Å²) in [7, 11) is 1.96. The summed E-state index contributed by atoms with van der Waals surface area (Å²) in [6, 6.07) is 7.81. The lowest BCUT2D eigenvalue weighted by atomic mass is 9.92. The third-order valence-corrected chi connectivity index (χ3v) is 8.06. The number of piperazine rings is 1. The molecule has 6 rings (SSSR count). The van der Waals surface area contributed by atoms with Crippen LogP contribution < -0.4 is 15.5 Å². The lowest BCUT2D eigenvalue weighted by molar-refractivity contribution is -0.134. The van der Waals surface area contributed by atoms with Gasteiger partial charge in [-0.2, -0.15) is 5.10 Å². The van der Waals surface area contributed by atoms with Crippen molar-refractivity contribution >= 4 is 28.4 Å². The number of carbonyl (C=O) groups is 2. The first-order valence-electron chi connectivity index (χ1n) is 12.1. The summed E-state index contributed by atoms with van der Waals surface area (Å²) in [4.78, 5) is 29.3. The highest BCUT2D eigenvalue weighted by atomic mass is 16.2. The third kappa shape index (κ3) is 3.40. The lowest BCUT2D eigenvalue weighted by Gasteiger charge is -2.37. The monoisotopic (exact) mass is 436 g/mol. The number of benzene rings is 1. The fourth-order valence-electron chi connectivity index (χ4n) is 6.37. The van der Waals surface area contributed by atoms with Crippen LogP contribution in [-0.4, -0.2) is 71.3 Å². The van der Waals surface area contributed by atoms with E-state index in [9.17, 15) is 9.59 Å². The number of para-hydroxylation sites is 1. The van der Waals surface area contributed by atoms with Crippen LogP contribution in [0.2, 0.25) is 0 Å². The molecule has 4 saturated heterocycles. The van der Waals surface area contributed by atoms with Crippen molar-refractivity contribution in [3.05, 3.63) is 23.9 Å². The number of hydrogen-bond donors (Lipinski definition) is 2. The number of piperidine rings is 2. The number of amides is 2. The van der Waals surface area contributed by atoms with E-state index in [1.807, 2.05) is 11.7 Å². The Morgan fingerprint density at radius 1 is 1.16 bits per heavy atom. The Kier molecular flexibility index (Phi) is 4.95. The molecule has 4 aliphatic heterocycles. The highest BCUT2D eigenvalue weighted by Gasteiger charge is 2.38. The van der Waals surface area contributed by atoms with E-state index in [4.69, 9.17) is 5.10 Å². The zero-order valence-corrected chi connectivity index (χ0v) is 18.7. The van der Waals surface area contributed by atoms with Gasteiger partial charge in [-0.15, -0.1) is 0 Å². The molecule has 0 spiro atoms. The molecule has 32 heavy (non-hydrogen) atoms. The molecule has 2 amide bonds. The molecule has 0 saturated carbocycles. The molecular formula is C24H32N6O2. The van der Waals surface area contributed by atoms with E-state index in [1.165, 1.54) is 44.6 Å². The van der Waals surface area contributed by atoms with Crippen LogP contribution in [0.1, 0.15) is 43.7 Å². The second-order valence-electron chi connectivity index (χ2n) is 10.1. The van der Waals surface area contributed by atoms with E-state index in [-0.39, 0.29) is 17.7 Å². The van der Waals surface area contributed by atoms with E-state index in [0.717, 1.165) is 47.7 Å². The number of carbonyl (C=O) groups excluding carboxylic acids is 2. The summed E-state index contributed by atoms with van der Waals surface area (Å²) in [5, 5.41) is 11.9. The fraction of sp³-hybridized carbons (Fsp3) is 0.625. The molecule has 0 aliphatic carbocycles. The molecule has 8 nitrogen and oxygen atoms in total. The smallest absolute Gasteiger partial charge is 0.235 e. The summed E-state index contributed by atoms with van der Waals surface area (Å²) < 4.78 is 1.92. The van der Waals surface area contributed by atoms with Gasteiger partial charge in [0.1, 0.15) is 0 Å². The SMILES string of the molecule is Cn1nc(C2CCC(=O)NC2=O)c2cccc(N3CCC(CN4C[C@@H]5C[C@H]4CN5)CC3)c21. The van der Waals surface area contributed by atoms with E-state index >= 15 is 0 Å². The van der Waals surface area contributed by atoms with Crippen molar-refractivity contribution in [3.63, 3.8) is 0 Å². The lowest BCUT2D eigenvalue weighted by Crippen LogP contribution is -2.47. The minimum atomic E-state index is -0.359. The van der Waals surface area contributed by atoms with Crippen LogP contribution in [-0.2, 0) is 16.6 Å². The Morgan fingerprint density at radius 2 is 2.00 bits per heavy atom. The van der Waals surface area contributed by atoms with Crippen molar-refractivity contribution in [2.75, 3.05) is 37.6 Å². The largest absolute Gasteiger partial charge is 0.370 e. The summed E-state index contributed by atoms with van der Waals surface area (Å²) in [5.41, 5.74) is 3.09. The number of fused-ring (bicyclic) bond motifs is 3. The molecule has 1 unspecified atom stereocenters. The van der Waals surface area contributed by atoms with Crippen LogP contribution in [0.3, 0.4) is 0 Å². The van der Waals surface area contributed by atoms with Gasteiger partial charge in [-0.05, 0) is 37.7 Å². The van der Waals surface area contributed by atoms with Crippen LogP contribution >= 0.6 is 0 Å². The van der Waals surface area contributed by atoms with Gasteiger partial charge in [0.25, 0.3) is 0 Å². The first-order chi connectivity index (χ1) is 15.6. The van der Waals surface area contributed by atoms with Crippen LogP contribution in [0.5, 0.6) is 0 Å². The highest BCUT2D eigenvalue weighted by Crippen LogP contribution is 2.36. The summed E-state index contributed by atoms with van der Waals surface area (Å²) in [6.07, 6.45) is 4.67. The van der Waals surface area contributed by atoms with Gasteiger partial charge in [0.05, 0.1) is 22.8 Å². The molecule has 2 N–H and O–H groups in total. The Morgan fingerprint density at radius 3 is 2.72 bits per heavy atom. The number of hydrogen-bond acceptors (Lipinski definition) is 6. The standard InChI is InChI=1S/C24H32N6O2/c1-28-23-18(22(27-28)19-5-6-21(31)26-24(19)32)3-2-4-20(23)29-9-7-15(8-10-29)13-30-14-16-11-17(30)12-25-16/h2-4,15-17,19,25H,5-14H2,1H3,(H,26,31,32)/t16-,17-,19?/m0/s1. The zero-order chi connectivity index (χ0) is 21.8. The second-order valence-corrected chi connectivity index (χ2v) is 10.1. The maximum atomic E-state index is 12.5. The number of rotatable bonds is 4. The molecular weight excluding hydrogens is 404 g/mol. The molecule has 0 radical (unpaired) electrons. The predicted molar refractivity (Wildman–Crippen MR) is 123 cm³/mol. The third-order valence-electron chi connectivity index (χ3n) is 8.06. The molecule has 1 aromatic carbocycles. The minimum absolute atomic E-state index is 0.187. The first-order valence-corrected chi connectivity index (χ1v) is 12.1. The van der Waals surface area contributed by atoms with Crippen molar-refractivity contribution in [2.45, 2.75) is 50.1 Å². The van der Waals surface area contributed by atoms with Crippen LogP contribution in [0.25, 0.3) is 10.9 Å². The van der Waals surface area contributed by atoms with Crippen LogP contribution in [0, 0.1) is 5.92 Å². The van der Waals surface area contributed by atoms with E-state index < -0.39 is 0 Å². The Balaban J connectivity index is 1.19. The van der Waals surface area contributed by atoms with Gasteiger partial charge in [0, 0.05) is 63.7 Å². The number of likely N-dealkylation sites (tertiary alicyclic amines) is 1. The van der Waals surface area contributed by atoms with Crippen molar-refractivity contribution in [1.29, 1.82) is 0 Å². The molecule has 4 fully saturated rings. The number of nitrogens with one attached hydrogen (secondary N) is 2. The number of nitrogens with zero attached hydrogens (tertiary/aromatic N) is 4.